The Balaban J connectivity index is 2.15. The molecule has 0 aliphatic carbocycles. The lowest BCUT2D eigenvalue weighted by Gasteiger charge is -2.22. The number of aliphatic hydroxyl groups is 1. The summed E-state index contributed by atoms with van der Waals surface area (Å²) >= 11 is 0. The molecule has 0 aromatic heterocycles. The molecule has 0 atom stereocenters. The fourth-order valence-corrected chi connectivity index (χ4v) is 1.56. The SMILES string of the molecule is OCCC1=CN(c2ccccc2)CC=N1. The molecule has 2 rings (SSSR count). The molecule has 0 saturated heterocycles. The van der Waals surface area contributed by atoms with Gasteiger partial charge in [0.05, 0.1) is 12.2 Å². The first-order chi connectivity index (χ1) is 7.40. The summed E-state index contributed by atoms with van der Waals surface area (Å²) in [5.74, 6) is 0. The fraction of sp³-hybridized carbons (Fsp3) is 0.250. The van der Waals surface area contributed by atoms with Gasteiger partial charge in [0, 0.05) is 31.1 Å². The van der Waals surface area contributed by atoms with E-state index in [-0.39, 0.29) is 6.61 Å². The van der Waals surface area contributed by atoms with Crippen LogP contribution in [0.5, 0.6) is 0 Å². The Hall–Kier alpha value is -1.61. The molecule has 1 aliphatic rings. The highest BCUT2D eigenvalue weighted by Crippen LogP contribution is 2.17. The van der Waals surface area contributed by atoms with E-state index in [9.17, 15) is 0 Å². The van der Waals surface area contributed by atoms with Crippen LogP contribution in [0.2, 0.25) is 0 Å². The van der Waals surface area contributed by atoms with Gasteiger partial charge in [0.1, 0.15) is 0 Å². The van der Waals surface area contributed by atoms with Crippen molar-refractivity contribution in [1.29, 1.82) is 0 Å². The summed E-state index contributed by atoms with van der Waals surface area (Å²) in [5.41, 5.74) is 2.08. The molecule has 0 fully saturated rings. The molecule has 0 unspecified atom stereocenters. The van der Waals surface area contributed by atoms with Gasteiger partial charge in [0.25, 0.3) is 0 Å². The third kappa shape index (κ3) is 2.44. The maximum absolute atomic E-state index is 8.84. The van der Waals surface area contributed by atoms with Crippen LogP contribution in [0.4, 0.5) is 5.69 Å². The predicted octanol–water partition coefficient (Wildman–Crippen LogP) is 1.80. The van der Waals surface area contributed by atoms with Gasteiger partial charge in [0.2, 0.25) is 0 Å². The molecular weight excluding hydrogens is 188 g/mol. The molecule has 1 N–H and O–H groups in total. The van der Waals surface area contributed by atoms with Crippen LogP contribution in [0.3, 0.4) is 0 Å². The van der Waals surface area contributed by atoms with Crippen molar-refractivity contribution in [1.82, 2.24) is 0 Å². The third-order valence-corrected chi connectivity index (χ3v) is 2.30. The fourth-order valence-electron chi connectivity index (χ4n) is 1.56. The predicted molar refractivity (Wildman–Crippen MR) is 62.1 cm³/mol. The molecule has 0 saturated carbocycles. The van der Waals surface area contributed by atoms with Crippen molar-refractivity contribution in [3.8, 4) is 0 Å². The summed E-state index contributed by atoms with van der Waals surface area (Å²) in [6.07, 6.45) is 4.48. The number of nitrogens with zero attached hydrogens (tertiary/aromatic N) is 2. The average Bonchev–Trinajstić information content (AvgIpc) is 2.31. The van der Waals surface area contributed by atoms with Gasteiger partial charge in [-0.2, -0.15) is 0 Å². The molecule has 78 valence electrons. The van der Waals surface area contributed by atoms with Gasteiger partial charge in [-0.1, -0.05) is 18.2 Å². The van der Waals surface area contributed by atoms with Crippen LogP contribution >= 0.6 is 0 Å². The Bertz CT molecular complexity index is 370. The van der Waals surface area contributed by atoms with Crippen LogP contribution in [0, 0.1) is 0 Å². The first-order valence-electron chi connectivity index (χ1n) is 5.06. The molecule has 0 bridgehead atoms. The van der Waals surface area contributed by atoms with E-state index in [1.54, 1.807) is 0 Å². The van der Waals surface area contributed by atoms with E-state index in [0.717, 1.165) is 17.9 Å². The molecule has 1 aromatic rings. The van der Waals surface area contributed by atoms with Gasteiger partial charge in [-0.25, -0.2) is 0 Å². The smallest absolute Gasteiger partial charge is 0.0585 e. The lowest BCUT2D eigenvalue weighted by atomic mass is 10.2. The Labute approximate surface area is 89.4 Å². The lowest BCUT2D eigenvalue weighted by molar-refractivity contribution is 0.298. The molecule has 0 amide bonds. The van der Waals surface area contributed by atoms with Crippen molar-refractivity contribution in [2.24, 2.45) is 4.99 Å². The standard InChI is InChI=1S/C12H14N2O/c15-9-6-11-10-14(8-7-13-11)12-4-2-1-3-5-12/h1-5,7,10,15H,6,8-9H2. The highest BCUT2D eigenvalue weighted by atomic mass is 16.3. The Morgan fingerprint density at radius 1 is 1.27 bits per heavy atom. The monoisotopic (exact) mass is 202 g/mol. The number of anilines is 1. The molecule has 3 nitrogen and oxygen atoms in total. The van der Waals surface area contributed by atoms with Crippen molar-refractivity contribution < 1.29 is 5.11 Å². The largest absolute Gasteiger partial charge is 0.396 e. The number of aliphatic imine (C=N–C) groups is 1. The molecule has 0 spiro atoms. The first kappa shape index (κ1) is 9.93. The summed E-state index contributed by atoms with van der Waals surface area (Å²) < 4.78 is 0. The minimum atomic E-state index is 0.145. The molecule has 3 heteroatoms. The Morgan fingerprint density at radius 2 is 2.07 bits per heavy atom. The second-order valence-corrected chi connectivity index (χ2v) is 3.39. The maximum atomic E-state index is 8.84. The number of hydrogen-bond acceptors (Lipinski definition) is 3. The van der Waals surface area contributed by atoms with E-state index in [0.29, 0.717) is 6.42 Å². The second-order valence-electron chi connectivity index (χ2n) is 3.39. The van der Waals surface area contributed by atoms with Crippen molar-refractivity contribution in [2.75, 3.05) is 18.1 Å². The highest BCUT2D eigenvalue weighted by molar-refractivity contribution is 5.70. The van der Waals surface area contributed by atoms with E-state index >= 15 is 0 Å². The van der Waals surface area contributed by atoms with Crippen LogP contribution in [0.25, 0.3) is 0 Å². The molecule has 1 aromatic carbocycles. The Kier molecular flexibility index (Phi) is 3.15. The highest BCUT2D eigenvalue weighted by Gasteiger charge is 2.07. The molecule has 15 heavy (non-hydrogen) atoms. The van der Waals surface area contributed by atoms with Gasteiger partial charge in [-0.3, -0.25) is 4.99 Å². The minimum absolute atomic E-state index is 0.145. The second kappa shape index (κ2) is 4.75. The third-order valence-electron chi connectivity index (χ3n) is 2.30. The zero-order valence-electron chi connectivity index (χ0n) is 8.50. The van der Waals surface area contributed by atoms with E-state index in [1.807, 2.05) is 30.6 Å². The van der Waals surface area contributed by atoms with Gasteiger partial charge < -0.3 is 10.0 Å². The number of rotatable bonds is 3. The van der Waals surface area contributed by atoms with Crippen molar-refractivity contribution in [3.05, 3.63) is 42.2 Å². The normalized spacial score (nSPS) is 15.3. The topological polar surface area (TPSA) is 35.8 Å². The zero-order chi connectivity index (χ0) is 10.5. The van der Waals surface area contributed by atoms with Crippen molar-refractivity contribution in [2.45, 2.75) is 6.42 Å². The number of hydrogen-bond donors (Lipinski definition) is 1. The van der Waals surface area contributed by atoms with Crippen molar-refractivity contribution in [3.63, 3.8) is 0 Å². The van der Waals surface area contributed by atoms with Crippen LogP contribution in [-0.4, -0.2) is 24.5 Å². The van der Waals surface area contributed by atoms with Crippen LogP contribution in [0.1, 0.15) is 6.42 Å². The van der Waals surface area contributed by atoms with Crippen molar-refractivity contribution >= 4 is 11.9 Å². The van der Waals surface area contributed by atoms with E-state index in [4.69, 9.17) is 5.11 Å². The minimum Gasteiger partial charge on any atom is -0.396 e. The molecule has 1 heterocycles. The van der Waals surface area contributed by atoms with E-state index < -0.39 is 0 Å². The van der Waals surface area contributed by atoms with Gasteiger partial charge >= 0.3 is 0 Å². The summed E-state index contributed by atoms with van der Waals surface area (Å²) in [5, 5.41) is 8.84. The van der Waals surface area contributed by atoms with Crippen LogP contribution < -0.4 is 4.90 Å². The van der Waals surface area contributed by atoms with Gasteiger partial charge in [-0.15, -0.1) is 0 Å². The molecule has 0 radical (unpaired) electrons. The summed E-state index contributed by atoms with van der Waals surface area (Å²) in [6.45, 7) is 0.935. The van der Waals surface area contributed by atoms with E-state index in [2.05, 4.69) is 22.0 Å². The number of benzene rings is 1. The average molecular weight is 202 g/mol. The summed E-state index contributed by atoms with van der Waals surface area (Å²) in [7, 11) is 0. The van der Waals surface area contributed by atoms with Crippen LogP contribution in [-0.2, 0) is 0 Å². The molecule has 1 aliphatic heterocycles. The maximum Gasteiger partial charge on any atom is 0.0585 e. The number of aliphatic hydroxyl groups excluding tert-OH is 1. The van der Waals surface area contributed by atoms with Gasteiger partial charge in [-0.05, 0) is 12.1 Å². The Morgan fingerprint density at radius 3 is 2.80 bits per heavy atom. The number of para-hydroxylation sites is 1. The van der Waals surface area contributed by atoms with Crippen LogP contribution in [0.15, 0.2) is 47.2 Å². The molecular formula is C12H14N2O. The van der Waals surface area contributed by atoms with E-state index in [1.165, 1.54) is 0 Å². The zero-order valence-corrected chi connectivity index (χ0v) is 8.50. The quantitative estimate of drug-likeness (QED) is 0.811. The van der Waals surface area contributed by atoms with Gasteiger partial charge in [0.15, 0.2) is 0 Å². The lowest BCUT2D eigenvalue weighted by Crippen LogP contribution is -2.22. The first-order valence-corrected chi connectivity index (χ1v) is 5.06. The summed E-state index contributed by atoms with van der Waals surface area (Å²) in [4.78, 5) is 6.35. The summed E-state index contributed by atoms with van der Waals surface area (Å²) in [6, 6.07) is 10.2.